The van der Waals surface area contributed by atoms with Gasteiger partial charge in [0.1, 0.15) is 4.90 Å². The number of nitrogens with zero attached hydrogens (tertiary/aromatic N) is 3. The highest BCUT2D eigenvalue weighted by molar-refractivity contribution is 7.89. The molecule has 2 heterocycles. The molecule has 0 N–H and O–H groups in total. The zero-order chi connectivity index (χ0) is 17.9. The molecule has 0 aromatic carbocycles. The highest BCUT2D eigenvalue weighted by Gasteiger charge is 2.38. The fourth-order valence-electron chi connectivity index (χ4n) is 2.87. The van der Waals surface area contributed by atoms with E-state index in [1.165, 1.54) is 7.05 Å². The molecule has 0 aliphatic carbocycles. The number of nitroso groups, excluding NO2 is 1. The van der Waals surface area contributed by atoms with Crippen LogP contribution in [-0.4, -0.2) is 49.0 Å². The Kier molecular flexibility index (Phi) is 5.70. The van der Waals surface area contributed by atoms with E-state index in [0.717, 1.165) is 21.5 Å². The van der Waals surface area contributed by atoms with Gasteiger partial charge in [-0.3, -0.25) is 0 Å². The molecule has 1 saturated heterocycles. The molecule has 0 saturated carbocycles. The van der Waals surface area contributed by atoms with Crippen LogP contribution in [0.25, 0.3) is 0 Å². The standard InChI is InChI=1S/C14H20FN3O5S/c1-3-23-14(19)13-12(15)11(9-17(13)2)24(21,22)18-7-5-4-6-10(18)8-16-20/h9-10H,3-8H2,1-2H3. The topological polar surface area (TPSA) is 98.0 Å². The van der Waals surface area contributed by atoms with Crippen molar-refractivity contribution in [3.8, 4) is 0 Å². The molecule has 1 aromatic rings. The van der Waals surface area contributed by atoms with E-state index in [1.54, 1.807) is 6.92 Å². The predicted octanol–water partition coefficient (Wildman–Crippen LogP) is 1.65. The molecule has 134 valence electrons. The molecule has 1 aliphatic heterocycles. The first-order chi connectivity index (χ1) is 11.3. The average Bonchev–Trinajstić information content (AvgIpc) is 2.84. The zero-order valence-corrected chi connectivity index (χ0v) is 14.4. The minimum atomic E-state index is -4.18. The maximum absolute atomic E-state index is 14.6. The molecule has 2 rings (SSSR count). The van der Waals surface area contributed by atoms with E-state index in [0.29, 0.717) is 12.8 Å². The van der Waals surface area contributed by atoms with Gasteiger partial charge in [-0.05, 0) is 19.8 Å². The number of carbonyl (C=O) groups excluding carboxylic acids is 1. The van der Waals surface area contributed by atoms with Crippen molar-refractivity contribution in [2.45, 2.75) is 37.1 Å². The number of hydrogen-bond acceptors (Lipinski definition) is 6. The van der Waals surface area contributed by atoms with E-state index in [-0.39, 0.29) is 19.7 Å². The molecular weight excluding hydrogens is 341 g/mol. The minimum Gasteiger partial charge on any atom is -0.461 e. The fraction of sp³-hybridized carbons (Fsp3) is 0.643. The predicted molar refractivity (Wildman–Crippen MR) is 83.5 cm³/mol. The molecule has 0 amide bonds. The maximum atomic E-state index is 14.6. The van der Waals surface area contributed by atoms with E-state index in [9.17, 15) is 22.5 Å². The number of halogens is 1. The second kappa shape index (κ2) is 7.39. The quantitative estimate of drug-likeness (QED) is 0.567. The van der Waals surface area contributed by atoms with Crippen molar-refractivity contribution in [2.24, 2.45) is 12.2 Å². The van der Waals surface area contributed by atoms with Gasteiger partial charge in [-0.15, -0.1) is 0 Å². The molecule has 1 atom stereocenters. The highest BCUT2D eigenvalue weighted by atomic mass is 32.2. The highest BCUT2D eigenvalue weighted by Crippen LogP contribution is 2.29. The molecule has 0 bridgehead atoms. The summed E-state index contributed by atoms with van der Waals surface area (Å²) >= 11 is 0. The Labute approximate surface area is 139 Å². The Morgan fingerprint density at radius 2 is 2.17 bits per heavy atom. The number of carbonyl (C=O) groups is 1. The third-order valence-corrected chi connectivity index (χ3v) is 5.94. The Bertz CT molecular complexity index is 731. The molecule has 1 aliphatic rings. The lowest BCUT2D eigenvalue weighted by Crippen LogP contribution is -2.45. The van der Waals surface area contributed by atoms with Crippen molar-refractivity contribution < 1.29 is 22.3 Å². The molecule has 24 heavy (non-hydrogen) atoms. The summed E-state index contributed by atoms with van der Waals surface area (Å²) in [5.74, 6) is -2.07. The summed E-state index contributed by atoms with van der Waals surface area (Å²) in [4.78, 5) is 21.8. The first-order valence-electron chi connectivity index (χ1n) is 7.67. The van der Waals surface area contributed by atoms with Gasteiger partial charge in [-0.2, -0.15) is 9.21 Å². The number of sulfonamides is 1. The SMILES string of the molecule is CCOC(=O)c1c(F)c(S(=O)(=O)N2CCCCC2CN=O)cn1C. The van der Waals surface area contributed by atoms with Gasteiger partial charge in [-0.1, -0.05) is 11.6 Å². The van der Waals surface area contributed by atoms with Crippen LogP contribution < -0.4 is 0 Å². The molecular formula is C14H20FN3O5S. The van der Waals surface area contributed by atoms with Crippen molar-refractivity contribution in [1.82, 2.24) is 8.87 Å². The lowest BCUT2D eigenvalue weighted by atomic mass is 10.1. The smallest absolute Gasteiger partial charge is 0.358 e. The summed E-state index contributed by atoms with van der Waals surface area (Å²) in [7, 11) is -2.81. The fourth-order valence-corrected chi connectivity index (χ4v) is 4.67. The van der Waals surface area contributed by atoms with Gasteiger partial charge < -0.3 is 9.30 Å². The van der Waals surface area contributed by atoms with E-state index in [1.807, 2.05) is 0 Å². The summed E-state index contributed by atoms with van der Waals surface area (Å²) in [5.41, 5.74) is -0.447. The number of hydrogen-bond donors (Lipinski definition) is 0. The van der Waals surface area contributed by atoms with Crippen molar-refractivity contribution in [1.29, 1.82) is 0 Å². The molecule has 0 spiro atoms. The summed E-state index contributed by atoms with van der Waals surface area (Å²) in [5, 5.41) is 2.79. The van der Waals surface area contributed by atoms with Gasteiger partial charge in [0.15, 0.2) is 11.5 Å². The first-order valence-corrected chi connectivity index (χ1v) is 9.11. The largest absolute Gasteiger partial charge is 0.461 e. The van der Waals surface area contributed by atoms with E-state index in [4.69, 9.17) is 4.74 Å². The summed E-state index contributed by atoms with van der Waals surface area (Å²) in [6.07, 6.45) is 2.94. The zero-order valence-electron chi connectivity index (χ0n) is 13.6. The third kappa shape index (κ3) is 3.34. The second-order valence-corrected chi connectivity index (χ2v) is 7.42. The number of ether oxygens (including phenoxy) is 1. The van der Waals surface area contributed by atoms with Crippen LogP contribution >= 0.6 is 0 Å². The third-order valence-electron chi connectivity index (χ3n) is 4.00. The van der Waals surface area contributed by atoms with E-state index in [2.05, 4.69) is 5.18 Å². The van der Waals surface area contributed by atoms with E-state index >= 15 is 0 Å². The normalized spacial score (nSPS) is 19.2. The molecule has 1 aromatic heterocycles. The number of aromatic nitrogens is 1. The number of rotatable bonds is 6. The summed E-state index contributed by atoms with van der Waals surface area (Å²) in [6.45, 7) is 1.62. The minimum absolute atomic E-state index is 0.0464. The lowest BCUT2D eigenvalue weighted by Gasteiger charge is -2.32. The lowest BCUT2D eigenvalue weighted by molar-refractivity contribution is 0.0509. The molecule has 1 fully saturated rings. The van der Waals surface area contributed by atoms with Gasteiger partial charge in [0, 0.05) is 25.8 Å². The van der Waals surface area contributed by atoms with Crippen LogP contribution in [0.2, 0.25) is 0 Å². The van der Waals surface area contributed by atoms with Crippen LogP contribution in [0.15, 0.2) is 16.3 Å². The Morgan fingerprint density at radius 1 is 1.46 bits per heavy atom. The molecule has 0 radical (unpaired) electrons. The Morgan fingerprint density at radius 3 is 2.79 bits per heavy atom. The van der Waals surface area contributed by atoms with Gasteiger partial charge >= 0.3 is 5.97 Å². The van der Waals surface area contributed by atoms with Crippen LogP contribution in [0, 0.1) is 10.7 Å². The van der Waals surface area contributed by atoms with Crippen molar-refractivity contribution in [3.05, 3.63) is 22.6 Å². The number of aryl methyl sites for hydroxylation is 1. The molecule has 10 heteroatoms. The molecule has 1 unspecified atom stereocenters. The summed E-state index contributed by atoms with van der Waals surface area (Å²) in [6, 6.07) is -0.591. The molecule has 8 nitrogen and oxygen atoms in total. The van der Waals surface area contributed by atoms with Crippen molar-refractivity contribution in [2.75, 3.05) is 19.7 Å². The van der Waals surface area contributed by atoms with Gasteiger partial charge in [0.05, 0.1) is 13.2 Å². The number of piperidine rings is 1. The van der Waals surface area contributed by atoms with Gasteiger partial charge in [-0.25, -0.2) is 17.6 Å². The Balaban J connectivity index is 2.44. The second-order valence-electron chi connectivity index (χ2n) is 5.56. The van der Waals surface area contributed by atoms with Crippen molar-refractivity contribution in [3.63, 3.8) is 0 Å². The monoisotopic (exact) mass is 361 g/mol. The summed E-state index contributed by atoms with van der Waals surface area (Å²) < 4.78 is 47.2. The van der Waals surface area contributed by atoms with Crippen LogP contribution in [-0.2, 0) is 21.8 Å². The van der Waals surface area contributed by atoms with E-state index < -0.39 is 38.4 Å². The van der Waals surface area contributed by atoms with Gasteiger partial charge in [0.2, 0.25) is 10.0 Å². The number of esters is 1. The van der Waals surface area contributed by atoms with Crippen LogP contribution in [0.1, 0.15) is 36.7 Å². The first kappa shape index (κ1) is 18.5. The Hall–Kier alpha value is -1.81. The van der Waals surface area contributed by atoms with Gasteiger partial charge in [0.25, 0.3) is 0 Å². The average molecular weight is 361 g/mol. The van der Waals surface area contributed by atoms with Crippen LogP contribution in [0.4, 0.5) is 4.39 Å². The van der Waals surface area contributed by atoms with Crippen LogP contribution in [0.5, 0.6) is 0 Å². The maximum Gasteiger partial charge on any atom is 0.358 e. The van der Waals surface area contributed by atoms with Crippen molar-refractivity contribution >= 4 is 16.0 Å². The van der Waals surface area contributed by atoms with Crippen LogP contribution in [0.3, 0.4) is 0 Å².